The molecular formula is C29H38O7. The van der Waals surface area contributed by atoms with E-state index in [1.807, 2.05) is 6.92 Å². The molecule has 7 nitrogen and oxygen atoms in total. The van der Waals surface area contributed by atoms with E-state index < -0.39 is 41.6 Å². The fourth-order valence-corrected chi connectivity index (χ4v) is 7.41. The Balaban J connectivity index is 1.59. The van der Waals surface area contributed by atoms with Crippen LogP contribution in [0.2, 0.25) is 0 Å². The molecule has 1 heterocycles. The first-order chi connectivity index (χ1) is 17.0. The number of hydrogen-bond donors (Lipinski definition) is 1. The molecule has 4 rings (SSSR count). The molecule has 1 N–H and O–H groups in total. The van der Waals surface area contributed by atoms with E-state index in [0.29, 0.717) is 18.6 Å². The fourth-order valence-electron chi connectivity index (χ4n) is 7.41. The Kier molecular flexibility index (Phi) is 7.08. The molecule has 0 aromatic carbocycles. The minimum atomic E-state index is -0.730. The first-order valence-corrected chi connectivity index (χ1v) is 12.9. The van der Waals surface area contributed by atoms with Gasteiger partial charge in [-0.1, -0.05) is 33.8 Å². The summed E-state index contributed by atoms with van der Waals surface area (Å²) in [7, 11) is 0. The van der Waals surface area contributed by atoms with Crippen molar-refractivity contribution < 1.29 is 33.4 Å². The second-order valence-corrected chi connectivity index (χ2v) is 11.5. The summed E-state index contributed by atoms with van der Waals surface area (Å²) in [5.74, 6) is -0.949. The van der Waals surface area contributed by atoms with Gasteiger partial charge in [0, 0.05) is 29.2 Å². The van der Waals surface area contributed by atoms with Gasteiger partial charge in [-0.05, 0) is 61.1 Å². The molecule has 0 amide bonds. The summed E-state index contributed by atoms with van der Waals surface area (Å²) >= 11 is 0. The lowest BCUT2D eigenvalue weighted by Gasteiger charge is -2.61. The molecule has 3 saturated carbocycles. The van der Waals surface area contributed by atoms with Crippen molar-refractivity contribution in [3.8, 4) is 0 Å². The summed E-state index contributed by atoms with van der Waals surface area (Å²) in [6, 6.07) is 3.39. The van der Waals surface area contributed by atoms with Crippen molar-refractivity contribution in [1.29, 1.82) is 0 Å². The topological polar surface area (TPSA) is 103 Å². The van der Waals surface area contributed by atoms with Crippen molar-refractivity contribution in [1.82, 2.24) is 0 Å². The van der Waals surface area contributed by atoms with Gasteiger partial charge in [0.2, 0.25) is 0 Å². The number of hydrogen-bond acceptors (Lipinski definition) is 7. The highest BCUT2D eigenvalue weighted by atomic mass is 16.6. The van der Waals surface area contributed by atoms with Crippen LogP contribution in [0.4, 0.5) is 0 Å². The fraction of sp³-hybridized carbons (Fsp3) is 0.621. The average Bonchev–Trinajstić information content (AvgIpc) is 3.50. The minimum absolute atomic E-state index is 0.0951. The van der Waals surface area contributed by atoms with Crippen molar-refractivity contribution in [3.63, 3.8) is 0 Å². The number of furan rings is 1. The Labute approximate surface area is 212 Å². The molecule has 1 aromatic rings. The van der Waals surface area contributed by atoms with Crippen LogP contribution in [0.3, 0.4) is 0 Å². The van der Waals surface area contributed by atoms with Crippen LogP contribution in [-0.4, -0.2) is 41.6 Å². The van der Waals surface area contributed by atoms with Gasteiger partial charge >= 0.3 is 11.9 Å². The monoisotopic (exact) mass is 498 g/mol. The van der Waals surface area contributed by atoms with Crippen LogP contribution >= 0.6 is 0 Å². The zero-order valence-corrected chi connectivity index (χ0v) is 21.7. The van der Waals surface area contributed by atoms with E-state index in [0.717, 1.165) is 19.3 Å². The molecule has 0 radical (unpaired) electrons. The van der Waals surface area contributed by atoms with Crippen LogP contribution < -0.4 is 0 Å². The standard InChI is InChI=1S/C29H38O7/c1-6-27(4)16-22(36-24(32)17-35-23(31)10-9-20-8-7-15-34-20)28(5)18(2)11-13-29(19(3)26(27)33)14-12-21(30)25(28)29/h6-10,15,18-19,22,25-26,33H,1,11-14,16-17H2,2-5H3/b10-9+/t18-,19+,22-,25+,26+,27-,28+,29+/m1/s1. The summed E-state index contributed by atoms with van der Waals surface area (Å²) in [5.41, 5.74) is -1.66. The van der Waals surface area contributed by atoms with Crippen LogP contribution in [0.15, 0.2) is 41.5 Å². The van der Waals surface area contributed by atoms with E-state index in [4.69, 9.17) is 13.9 Å². The van der Waals surface area contributed by atoms with Crippen LogP contribution in [0.5, 0.6) is 0 Å². The Morgan fingerprint density at radius 3 is 2.69 bits per heavy atom. The van der Waals surface area contributed by atoms with E-state index in [1.54, 1.807) is 18.2 Å². The molecule has 0 spiro atoms. The molecule has 0 unspecified atom stereocenters. The van der Waals surface area contributed by atoms with Gasteiger partial charge in [0.15, 0.2) is 6.61 Å². The molecule has 196 valence electrons. The Bertz CT molecular complexity index is 1040. The molecule has 3 aliphatic rings. The number of ketones is 1. The lowest BCUT2D eigenvalue weighted by atomic mass is 9.44. The molecule has 3 aliphatic carbocycles. The quantitative estimate of drug-likeness (QED) is 0.343. The number of carbonyl (C=O) groups is 3. The summed E-state index contributed by atoms with van der Waals surface area (Å²) in [5, 5.41) is 11.5. The minimum Gasteiger partial charge on any atom is -0.465 e. The first kappa shape index (κ1) is 26.4. The third kappa shape index (κ3) is 4.25. The van der Waals surface area contributed by atoms with Gasteiger partial charge in [0.05, 0.1) is 12.4 Å². The number of carbonyl (C=O) groups excluding carboxylic acids is 3. The van der Waals surface area contributed by atoms with E-state index in [2.05, 4.69) is 27.4 Å². The van der Waals surface area contributed by atoms with E-state index in [9.17, 15) is 19.5 Å². The maximum Gasteiger partial charge on any atom is 0.344 e. The van der Waals surface area contributed by atoms with Gasteiger partial charge in [0.1, 0.15) is 17.6 Å². The summed E-state index contributed by atoms with van der Waals surface area (Å²) in [6.07, 6.45) is 7.83. The summed E-state index contributed by atoms with van der Waals surface area (Å²) < 4.78 is 16.3. The molecular weight excluding hydrogens is 460 g/mol. The normalized spacial score (nSPS) is 40.2. The van der Waals surface area contributed by atoms with Crippen LogP contribution in [0.25, 0.3) is 6.08 Å². The van der Waals surface area contributed by atoms with Gasteiger partial charge in [-0.25, -0.2) is 9.59 Å². The Morgan fingerprint density at radius 1 is 1.28 bits per heavy atom. The zero-order chi connectivity index (χ0) is 26.3. The van der Waals surface area contributed by atoms with Crippen molar-refractivity contribution in [2.24, 2.45) is 34.0 Å². The number of aliphatic hydroxyl groups excluding tert-OH is 1. The molecule has 0 aliphatic heterocycles. The SMILES string of the molecule is C=C[C@]1(C)C[C@@H](OC(=O)COC(=O)/C=C/c2ccco2)[C@]2(C)[C@H](C)CC[C@]3(CCC(=O)[C@H]32)[C@@H](C)[C@@H]1O. The van der Waals surface area contributed by atoms with Crippen LogP contribution in [-0.2, 0) is 23.9 Å². The number of rotatable bonds is 6. The summed E-state index contributed by atoms with van der Waals surface area (Å²) in [6.45, 7) is 11.7. The van der Waals surface area contributed by atoms with E-state index in [1.165, 1.54) is 18.4 Å². The second-order valence-electron chi connectivity index (χ2n) is 11.5. The van der Waals surface area contributed by atoms with Gasteiger partial charge in [-0.3, -0.25) is 4.79 Å². The largest absolute Gasteiger partial charge is 0.465 e. The predicted octanol–water partition coefficient (Wildman–Crippen LogP) is 4.74. The van der Waals surface area contributed by atoms with Gasteiger partial charge in [-0.2, -0.15) is 0 Å². The predicted molar refractivity (Wildman–Crippen MR) is 133 cm³/mol. The smallest absolute Gasteiger partial charge is 0.344 e. The molecule has 36 heavy (non-hydrogen) atoms. The van der Waals surface area contributed by atoms with Crippen molar-refractivity contribution in [3.05, 3.63) is 42.9 Å². The van der Waals surface area contributed by atoms with Gasteiger partial charge < -0.3 is 19.0 Å². The maximum atomic E-state index is 13.4. The molecule has 3 fully saturated rings. The summed E-state index contributed by atoms with van der Waals surface area (Å²) in [4.78, 5) is 38.5. The Morgan fingerprint density at radius 2 is 2.03 bits per heavy atom. The third-order valence-corrected chi connectivity index (χ3v) is 9.83. The lowest BCUT2D eigenvalue weighted by Crippen LogP contribution is -2.63. The second kappa shape index (κ2) is 9.66. The maximum absolute atomic E-state index is 13.4. The molecule has 0 saturated heterocycles. The van der Waals surface area contributed by atoms with Gasteiger partial charge in [0.25, 0.3) is 0 Å². The van der Waals surface area contributed by atoms with Gasteiger partial charge in [-0.15, -0.1) is 6.58 Å². The molecule has 2 bridgehead atoms. The first-order valence-electron chi connectivity index (χ1n) is 12.9. The Hall–Kier alpha value is -2.67. The highest BCUT2D eigenvalue weighted by Gasteiger charge is 2.68. The average molecular weight is 499 g/mol. The number of aliphatic hydroxyl groups is 1. The molecule has 8 atom stereocenters. The highest BCUT2D eigenvalue weighted by Crippen LogP contribution is 2.67. The highest BCUT2D eigenvalue weighted by molar-refractivity contribution is 5.88. The van der Waals surface area contributed by atoms with Crippen molar-refractivity contribution in [2.45, 2.75) is 72.0 Å². The molecule has 7 heteroatoms. The van der Waals surface area contributed by atoms with Crippen molar-refractivity contribution in [2.75, 3.05) is 6.61 Å². The number of Topliss-reactive ketones (excluding diaryl/α,β-unsaturated/α-hetero) is 1. The van der Waals surface area contributed by atoms with Crippen LogP contribution in [0.1, 0.15) is 65.6 Å². The lowest BCUT2D eigenvalue weighted by molar-refractivity contribution is -0.208. The molecule has 1 aromatic heterocycles. The third-order valence-electron chi connectivity index (χ3n) is 9.83. The number of esters is 2. The van der Waals surface area contributed by atoms with Crippen molar-refractivity contribution >= 4 is 23.8 Å². The van der Waals surface area contributed by atoms with E-state index in [-0.39, 0.29) is 29.0 Å². The van der Waals surface area contributed by atoms with Crippen LogP contribution in [0, 0.1) is 34.0 Å². The van der Waals surface area contributed by atoms with E-state index >= 15 is 0 Å². The number of ether oxygens (including phenoxy) is 2. The zero-order valence-electron chi connectivity index (χ0n) is 21.7.